The van der Waals surface area contributed by atoms with Crippen LogP contribution in [0.1, 0.15) is 27.0 Å². The molecule has 29 heavy (non-hydrogen) atoms. The van der Waals surface area contributed by atoms with E-state index in [1.807, 2.05) is 0 Å². The fraction of sp³-hybridized carbons (Fsp3) is 0.136. The van der Waals surface area contributed by atoms with Crippen LogP contribution in [0.3, 0.4) is 0 Å². The predicted octanol–water partition coefficient (Wildman–Crippen LogP) is 4.45. The molecule has 0 spiro atoms. The molecule has 0 aliphatic rings. The van der Waals surface area contributed by atoms with Crippen molar-refractivity contribution in [3.8, 4) is 40.2 Å². The van der Waals surface area contributed by atoms with Gasteiger partial charge in [-0.15, -0.1) is 0 Å². The molecule has 3 aromatic rings. The van der Waals surface area contributed by atoms with Gasteiger partial charge in [-0.1, -0.05) is 0 Å². The monoisotopic (exact) mass is 396 g/mol. The second kappa shape index (κ2) is 7.63. The van der Waals surface area contributed by atoms with E-state index in [0.29, 0.717) is 16.7 Å². The van der Waals surface area contributed by atoms with E-state index in [9.17, 15) is 25.2 Å². The molecule has 0 fully saturated rings. The number of esters is 1. The highest BCUT2D eigenvalue weighted by Crippen LogP contribution is 2.40. The zero-order valence-corrected chi connectivity index (χ0v) is 16.1. The first kappa shape index (κ1) is 19.9. The highest BCUT2D eigenvalue weighted by Gasteiger charge is 2.19. The van der Waals surface area contributed by atoms with Crippen LogP contribution in [0.25, 0.3) is 0 Å². The van der Waals surface area contributed by atoms with Crippen molar-refractivity contribution in [3.05, 3.63) is 64.7 Å². The number of carbonyl (C=O) groups is 1. The standard InChI is InChI=1S/C22H20O7/c1-11-4-15(28-19-7-12(2)6-18(25)21(19)26)10-16(5-11)29-22(27)20-13(3)8-14(23)9-17(20)24/h4-10,23-26H,1-3H3. The van der Waals surface area contributed by atoms with Gasteiger partial charge in [-0.05, 0) is 67.8 Å². The molecule has 0 aromatic heterocycles. The maximum Gasteiger partial charge on any atom is 0.347 e. The van der Waals surface area contributed by atoms with Crippen LogP contribution in [0.2, 0.25) is 0 Å². The lowest BCUT2D eigenvalue weighted by Gasteiger charge is -2.13. The van der Waals surface area contributed by atoms with Gasteiger partial charge in [0.25, 0.3) is 0 Å². The third-order valence-corrected chi connectivity index (χ3v) is 4.17. The zero-order chi connectivity index (χ0) is 21.3. The van der Waals surface area contributed by atoms with E-state index in [-0.39, 0.29) is 34.3 Å². The van der Waals surface area contributed by atoms with Gasteiger partial charge in [0.2, 0.25) is 5.75 Å². The molecule has 3 rings (SSSR count). The van der Waals surface area contributed by atoms with E-state index in [2.05, 4.69) is 0 Å². The first-order valence-electron chi connectivity index (χ1n) is 8.71. The Morgan fingerprint density at radius 3 is 2.10 bits per heavy atom. The number of phenols is 4. The molecule has 0 saturated carbocycles. The highest BCUT2D eigenvalue weighted by molar-refractivity contribution is 5.95. The highest BCUT2D eigenvalue weighted by atomic mass is 16.5. The van der Waals surface area contributed by atoms with Gasteiger partial charge in [-0.2, -0.15) is 0 Å². The summed E-state index contributed by atoms with van der Waals surface area (Å²) in [7, 11) is 0. The number of aryl methyl sites for hydroxylation is 3. The molecular formula is C22H20O7. The molecule has 0 atom stereocenters. The summed E-state index contributed by atoms with van der Waals surface area (Å²) in [6, 6.07) is 10.1. The average Bonchev–Trinajstić information content (AvgIpc) is 2.57. The van der Waals surface area contributed by atoms with Crippen LogP contribution in [0, 0.1) is 20.8 Å². The Labute approximate surface area is 167 Å². The van der Waals surface area contributed by atoms with E-state index in [0.717, 1.165) is 6.07 Å². The average molecular weight is 396 g/mol. The summed E-state index contributed by atoms with van der Waals surface area (Å²) in [5.74, 6) is -1.57. The lowest BCUT2D eigenvalue weighted by molar-refractivity contribution is 0.0730. The molecule has 3 aromatic carbocycles. The summed E-state index contributed by atoms with van der Waals surface area (Å²) in [4.78, 5) is 12.5. The van der Waals surface area contributed by atoms with Crippen molar-refractivity contribution in [3.63, 3.8) is 0 Å². The van der Waals surface area contributed by atoms with Gasteiger partial charge < -0.3 is 29.9 Å². The van der Waals surface area contributed by atoms with Crippen molar-refractivity contribution in [2.24, 2.45) is 0 Å². The number of hydrogen-bond acceptors (Lipinski definition) is 7. The van der Waals surface area contributed by atoms with Crippen LogP contribution in [-0.2, 0) is 0 Å². The lowest BCUT2D eigenvalue weighted by atomic mass is 10.1. The minimum absolute atomic E-state index is 0.0531. The summed E-state index contributed by atoms with van der Waals surface area (Å²) < 4.78 is 11.0. The molecule has 4 N–H and O–H groups in total. The van der Waals surface area contributed by atoms with Crippen molar-refractivity contribution in [2.75, 3.05) is 0 Å². The topological polar surface area (TPSA) is 116 Å². The molecule has 0 heterocycles. The van der Waals surface area contributed by atoms with Gasteiger partial charge in [0.15, 0.2) is 11.5 Å². The number of rotatable bonds is 4. The first-order valence-corrected chi connectivity index (χ1v) is 8.71. The Balaban J connectivity index is 1.90. The second-order valence-electron chi connectivity index (χ2n) is 6.76. The maximum absolute atomic E-state index is 12.5. The SMILES string of the molecule is Cc1cc(OC(=O)c2c(C)cc(O)cc2O)cc(Oc2cc(C)cc(O)c2O)c1. The molecule has 0 unspecified atom stereocenters. The summed E-state index contributed by atoms with van der Waals surface area (Å²) in [6.45, 7) is 5.07. The molecule has 0 aliphatic heterocycles. The Hall–Kier alpha value is -3.87. The number of phenolic OH excluding ortho intramolecular Hbond substituents is 4. The number of aromatic hydroxyl groups is 4. The Morgan fingerprint density at radius 2 is 1.41 bits per heavy atom. The van der Waals surface area contributed by atoms with Crippen LogP contribution in [0.5, 0.6) is 40.2 Å². The van der Waals surface area contributed by atoms with Gasteiger partial charge in [0.1, 0.15) is 28.6 Å². The van der Waals surface area contributed by atoms with Gasteiger partial charge in [0.05, 0.1) is 0 Å². The van der Waals surface area contributed by atoms with Crippen molar-refractivity contribution >= 4 is 5.97 Å². The summed E-state index contributed by atoms with van der Waals surface area (Å²) in [5, 5.41) is 39.2. The smallest absolute Gasteiger partial charge is 0.347 e. The molecule has 150 valence electrons. The number of ether oxygens (including phenoxy) is 2. The predicted molar refractivity (Wildman–Crippen MR) is 105 cm³/mol. The zero-order valence-electron chi connectivity index (χ0n) is 16.1. The fourth-order valence-corrected chi connectivity index (χ4v) is 2.94. The largest absolute Gasteiger partial charge is 0.508 e. The third-order valence-electron chi connectivity index (χ3n) is 4.17. The number of hydrogen-bond donors (Lipinski definition) is 4. The Morgan fingerprint density at radius 1 is 0.759 bits per heavy atom. The van der Waals surface area contributed by atoms with Gasteiger partial charge in [0, 0.05) is 12.1 Å². The van der Waals surface area contributed by atoms with Crippen molar-refractivity contribution in [2.45, 2.75) is 20.8 Å². The van der Waals surface area contributed by atoms with E-state index < -0.39 is 17.5 Å². The lowest BCUT2D eigenvalue weighted by Crippen LogP contribution is -2.10. The van der Waals surface area contributed by atoms with E-state index in [1.54, 1.807) is 39.0 Å². The van der Waals surface area contributed by atoms with Crippen LogP contribution < -0.4 is 9.47 Å². The second-order valence-corrected chi connectivity index (χ2v) is 6.76. The van der Waals surface area contributed by atoms with Crippen molar-refractivity contribution in [1.29, 1.82) is 0 Å². The minimum atomic E-state index is -0.799. The molecule has 7 nitrogen and oxygen atoms in total. The van der Waals surface area contributed by atoms with Crippen LogP contribution in [0.4, 0.5) is 0 Å². The van der Waals surface area contributed by atoms with Crippen molar-refractivity contribution < 1.29 is 34.7 Å². The molecule has 0 radical (unpaired) electrons. The van der Waals surface area contributed by atoms with Gasteiger partial charge >= 0.3 is 5.97 Å². The summed E-state index contributed by atoms with van der Waals surface area (Å²) in [6.07, 6.45) is 0. The Bertz CT molecular complexity index is 1080. The molecule has 7 heteroatoms. The normalized spacial score (nSPS) is 10.6. The van der Waals surface area contributed by atoms with Crippen molar-refractivity contribution in [1.82, 2.24) is 0 Å². The molecule has 0 amide bonds. The fourth-order valence-electron chi connectivity index (χ4n) is 2.94. The maximum atomic E-state index is 12.5. The van der Waals surface area contributed by atoms with E-state index in [4.69, 9.17) is 9.47 Å². The first-order chi connectivity index (χ1) is 13.6. The van der Waals surface area contributed by atoms with E-state index >= 15 is 0 Å². The summed E-state index contributed by atoms with van der Waals surface area (Å²) in [5.41, 5.74) is 1.70. The van der Waals surface area contributed by atoms with Crippen LogP contribution in [-0.4, -0.2) is 26.4 Å². The van der Waals surface area contributed by atoms with E-state index in [1.165, 1.54) is 18.2 Å². The minimum Gasteiger partial charge on any atom is -0.508 e. The quantitative estimate of drug-likeness (QED) is 0.292. The molecule has 0 saturated heterocycles. The third kappa shape index (κ3) is 4.35. The number of carbonyl (C=O) groups excluding carboxylic acids is 1. The Kier molecular flexibility index (Phi) is 5.23. The van der Waals surface area contributed by atoms with Crippen LogP contribution >= 0.6 is 0 Å². The number of benzene rings is 3. The summed E-state index contributed by atoms with van der Waals surface area (Å²) >= 11 is 0. The van der Waals surface area contributed by atoms with Gasteiger partial charge in [-0.3, -0.25) is 0 Å². The molecular weight excluding hydrogens is 376 g/mol. The van der Waals surface area contributed by atoms with Gasteiger partial charge in [-0.25, -0.2) is 4.79 Å². The molecule has 0 aliphatic carbocycles. The molecule has 0 bridgehead atoms. The van der Waals surface area contributed by atoms with Crippen LogP contribution in [0.15, 0.2) is 42.5 Å².